The summed E-state index contributed by atoms with van der Waals surface area (Å²) in [5.74, 6) is 0.641. The van der Waals surface area contributed by atoms with Crippen molar-refractivity contribution in [1.29, 1.82) is 0 Å². The van der Waals surface area contributed by atoms with E-state index in [1.54, 1.807) is 0 Å². The lowest BCUT2D eigenvalue weighted by Gasteiger charge is -2.00. The van der Waals surface area contributed by atoms with Crippen molar-refractivity contribution < 1.29 is 0 Å². The topological polar surface area (TPSA) is 0 Å². The molecule has 0 aliphatic rings. The first-order chi connectivity index (χ1) is 7.60. The van der Waals surface area contributed by atoms with Gasteiger partial charge in [-0.25, -0.2) is 0 Å². The standard InChI is InChI=1S/C15H23Cl/c1-5-13(2)8-6-9-14(3)10-7-11-15(4)12-16/h5,9,11H,1-2,6-8,10,12H2,3-4H3/b14-9+,15-11+. The van der Waals surface area contributed by atoms with Gasteiger partial charge in [0.1, 0.15) is 0 Å². The molecule has 0 aromatic rings. The van der Waals surface area contributed by atoms with Crippen molar-refractivity contribution in [2.75, 3.05) is 5.88 Å². The Labute approximate surface area is 105 Å². The molecule has 0 fully saturated rings. The molecule has 1 heteroatoms. The molecule has 0 aliphatic heterocycles. The zero-order valence-corrected chi connectivity index (χ0v) is 11.3. The maximum atomic E-state index is 5.70. The third-order valence-electron chi connectivity index (χ3n) is 2.49. The van der Waals surface area contributed by atoms with E-state index < -0.39 is 0 Å². The van der Waals surface area contributed by atoms with Gasteiger partial charge in [-0.2, -0.15) is 0 Å². The molecule has 0 heterocycles. The summed E-state index contributed by atoms with van der Waals surface area (Å²) in [6.45, 7) is 11.8. The number of hydrogen-bond donors (Lipinski definition) is 0. The Kier molecular flexibility index (Phi) is 9.03. The lowest BCUT2D eigenvalue weighted by Crippen LogP contribution is -1.81. The highest BCUT2D eigenvalue weighted by Crippen LogP contribution is 2.11. The van der Waals surface area contributed by atoms with Crippen molar-refractivity contribution in [3.05, 3.63) is 48.1 Å². The maximum Gasteiger partial charge on any atom is 0.0430 e. The number of hydrogen-bond acceptors (Lipinski definition) is 0. The van der Waals surface area contributed by atoms with E-state index in [-0.39, 0.29) is 0 Å². The molecule has 0 aromatic heterocycles. The molecule has 90 valence electrons. The van der Waals surface area contributed by atoms with Crippen LogP contribution in [0.3, 0.4) is 0 Å². The largest absolute Gasteiger partial charge is 0.122 e. The minimum Gasteiger partial charge on any atom is -0.122 e. The fraction of sp³-hybridized carbons (Fsp3) is 0.467. The molecule has 0 bridgehead atoms. The van der Waals surface area contributed by atoms with Gasteiger partial charge in [0, 0.05) is 5.88 Å². The van der Waals surface area contributed by atoms with Crippen LogP contribution in [0, 0.1) is 0 Å². The van der Waals surface area contributed by atoms with Crippen LogP contribution in [0.2, 0.25) is 0 Å². The first kappa shape index (κ1) is 15.2. The Bertz CT molecular complexity index is 282. The lowest BCUT2D eigenvalue weighted by atomic mass is 10.1. The van der Waals surface area contributed by atoms with Crippen molar-refractivity contribution in [2.24, 2.45) is 0 Å². The summed E-state index contributed by atoms with van der Waals surface area (Å²) in [7, 11) is 0. The second-order valence-corrected chi connectivity index (χ2v) is 4.44. The Morgan fingerprint density at radius 1 is 1.06 bits per heavy atom. The normalized spacial score (nSPS) is 12.7. The highest BCUT2D eigenvalue weighted by atomic mass is 35.5. The van der Waals surface area contributed by atoms with Crippen LogP contribution in [-0.2, 0) is 0 Å². The highest BCUT2D eigenvalue weighted by molar-refractivity contribution is 6.19. The third-order valence-corrected chi connectivity index (χ3v) is 2.91. The highest BCUT2D eigenvalue weighted by Gasteiger charge is 1.91. The van der Waals surface area contributed by atoms with Crippen LogP contribution in [-0.4, -0.2) is 5.88 Å². The second-order valence-electron chi connectivity index (χ2n) is 4.17. The van der Waals surface area contributed by atoms with Crippen LogP contribution in [0.1, 0.15) is 39.5 Å². The minimum atomic E-state index is 0.641. The SMILES string of the molecule is C=CC(=C)CC/C=C(\C)CC/C=C(\C)CCl. The molecule has 16 heavy (non-hydrogen) atoms. The molecule has 0 saturated heterocycles. The number of allylic oxidation sites excluding steroid dienone is 6. The third kappa shape index (κ3) is 8.55. The predicted molar refractivity (Wildman–Crippen MR) is 76.0 cm³/mol. The Balaban J connectivity index is 3.79. The van der Waals surface area contributed by atoms with Crippen LogP contribution >= 0.6 is 11.6 Å². The van der Waals surface area contributed by atoms with Gasteiger partial charge in [-0.3, -0.25) is 0 Å². The second kappa shape index (κ2) is 9.47. The number of halogens is 1. The average Bonchev–Trinajstić information content (AvgIpc) is 2.28. The van der Waals surface area contributed by atoms with Crippen LogP contribution in [0.5, 0.6) is 0 Å². The van der Waals surface area contributed by atoms with Crippen molar-refractivity contribution in [2.45, 2.75) is 39.5 Å². The summed E-state index contributed by atoms with van der Waals surface area (Å²) in [4.78, 5) is 0. The van der Waals surface area contributed by atoms with Gasteiger partial charge < -0.3 is 0 Å². The van der Waals surface area contributed by atoms with E-state index in [2.05, 4.69) is 39.2 Å². The van der Waals surface area contributed by atoms with Crippen molar-refractivity contribution in [3.8, 4) is 0 Å². The van der Waals surface area contributed by atoms with Crippen LogP contribution in [0.4, 0.5) is 0 Å². The smallest absolute Gasteiger partial charge is 0.0430 e. The van der Waals surface area contributed by atoms with Gasteiger partial charge in [-0.15, -0.1) is 11.6 Å². The van der Waals surface area contributed by atoms with Gasteiger partial charge in [0.05, 0.1) is 0 Å². The van der Waals surface area contributed by atoms with Gasteiger partial charge in [-0.05, 0) is 39.5 Å². The van der Waals surface area contributed by atoms with E-state index in [1.165, 1.54) is 11.1 Å². The molecule has 0 radical (unpaired) electrons. The van der Waals surface area contributed by atoms with Gasteiger partial charge in [0.15, 0.2) is 0 Å². The summed E-state index contributed by atoms with van der Waals surface area (Å²) in [6, 6.07) is 0. The van der Waals surface area contributed by atoms with Gasteiger partial charge in [-0.1, -0.05) is 48.1 Å². The Morgan fingerprint density at radius 3 is 2.19 bits per heavy atom. The van der Waals surface area contributed by atoms with Gasteiger partial charge in [0.2, 0.25) is 0 Å². The molecule has 0 rings (SSSR count). The van der Waals surface area contributed by atoms with Gasteiger partial charge >= 0.3 is 0 Å². The quantitative estimate of drug-likeness (QED) is 0.301. The van der Waals surface area contributed by atoms with E-state index in [0.29, 0.717) is 5.88 Å². The van der Waals surface area contributed by atoms with Crippen molar-refractivity contribution in [1.82, 2.24) is 0 Å². The van der Waals surface area contributed by atoms with E-state index >= 15 is 0 Å². The summed E-state index contributed by atoms with van der Waals surface area (Å²) >= 11 is 5.70. The van der Waals surface area contributed by atoms with Gasteiger partial charge in [0.25, 0.3) is 0 Å². The molecule has 0 spiro atoms. The Hall–Kier alpha value is -0.750. The van der Waals surface area contributed by atoms with E-state index in [0.717, 1.165) is 31.3 Å². The van der Waals surface area contributed by atoms with Crippen LogP contribution in [0.25, 0.3) is 0 Å². The molecule has 0 saturated carbocycles. The average molecular weight is 239 g/mol. The van der Waals surface area contributed by atoms with E-state index in [1.807, 2.05) is 6.08 Å². The zero-order chi connectivity index (χ0) is 12.4. The number of rotatable bonds is 8. The first-order valence-electron chi connectivity index (χ1n) is 5.77. The summed E-state index contributed by atoms with van der Waals surface area (Å²) < 4.78 is 0. The van der Waals surface area contributed by atoms with Crippen LogP contribution < -0.4 is 0 Å². The molecule has 0 aromatic carbocycles. The molecular formula is C15H23Cl. The Morgan fingerprint density at radius 2 is 1.62 bits per heavy atom. The summed E-state index contributed by atoms with van der Waals surface area (Å²) in [6.07, 6.45) is 10.6. The monoisotopic (exact) mass is 238 g/mol. The molecule has 0 N–H and O–H groups in total. The fourth-order valence-corrected chi connectivity index (χ4v) is 1.42. The maximum absolute atomic E-state index is 5.70. The zero-order valence-electron chi connectivity index (χ0n) is 10.6. The van der Waals surface area contributed by atoms with Crippen molar-refractivity contribution >= 4 is 11.6 Å². The van der Waals surface area contributed by atoms with E-state index in [9.17, 15) is 0 Å². The summed E-state index contributed by atoms with van der Waals surface area (Å²) in [5, 5.41) is 0. The molecule has 0 nitrogen and oxygen atoms in total. The fourth-order valence-electron chi connectivity index (χ4n) is 1.31. The predicted octanol–water partition coefficient (Wildman–Crippen LogP) is 5.42. The molecule has 0 unspecified atom stereocenters. The number of alkyl halides is 1. The first-order valence-corrected chi connectivity index (χ1v) is 6.31. The molecule has 0 aliphatic carbocycles. The summed E-state index contributed by atoms with van der Waals surface area (Å²) in [5.41, 5.74) is 3.81. The molecule has 0 atom stereocenters. The van der Waals surface area contributed by atoms with Crippen LogP contribution in [0.15, 0.2) is 48.1 Å². The molecular weight excluding hydrogens is 216 g/mol. The molecule has 0 amide bonds. The lowest BCUT2D eigenvalue weighted by molar-refractivity contribution is 0.929. The minimum absolute atomic E-state index is 0.641. The van der Waals surface area contributed by atoms with Crippen molar-refractivity contribution in [3.63, 3.8) is 0 Å². The van der Waals surface area contributed by atoms with E-state index in [4.69, 9.17) is 11.6 Å².